The predicted octanol–water partition coefficient (Wildman–Crippen LogP) is 2.61. The normalized spacial score (nSPS) is 19.1. The van der Waals surface area contributed by atoms with Gasteiger partial charge in [0.1, 0.15) is 0 Å². The summed E-state index contributed by atoms with van der Waals surface area (Å²) in [6.45, 7) is 6.36. The number of nitrogens with zero attached hydrogens (tertiary/aromatic N) is 1. The first-order valence-corrected chi connectivity index (χ1v) is 9.46. The van der Waals surface area contributed by atoms with Crippen LogP contribution in [0.2, 0.25) is 0 Å². The quantitative estimate of drug-likeness (QED) is 0.710. The summed E-state index contributed by atoms with van der Waals surface area (Å²) in [5.41, 5.74) is 6.36. The van der Waals surface area contributed by atoms with Gasteiger partial charge in [-0.25, -0.2) is 0 Å². The summed E-state index contributed by atoms with van der Waals surface area (Å²) in [6.07, 6.45) is 2.77. The molecule has 2 aromatic rings. The number of anilines is 1. The van der Waals surface area contributed by atoms with Crippen molar-refractivity contribution in [2.45, 2.75) is 26.5 Å². The summed E-state index contributed by atoms with van der Waals surface area (Å²) in [5, 5.41) is 12.4. The third kappa shape index (κ3) is 3.56. The Hall–Kier alpha value is -2.41. The summed E-state index contributed by atoms with van der Waals surface area (Å²) < 4.78 is 5.41. The predicted molar refractivity (Wildman–Crippen MR) is 105 cm³/mol. The lowest BCUT2D eigenvalue weighted by Crippen LogP contribution is -2.35. The molecule has 4 rings (SSSR count). The Labute approximate surface area is 158 Å². The number of carbonyl (C=O) groups excluding carboxylic acids is 1. The lowest BCUT2D eigenvalue weighted by molar-refractivity contribution is -0.110. The van der Waals surface area contributed by atoms with Gasteiger partial charge in [-0.1, -0.05) is 13.0 Å². The van der Waals surface area contributed by atoms with Crippen molar-refractivity contribution < 1.29 is 14.6 Å². The average Bonchev–Trinajstić information content (AvgIpc) is 3.27. The van der Waals surface area contributed by atoms with E-state index in [2.05, 4.69) is 28.2 Å². The molecule has 0 saturated carbocycles. The zero-order valence-corrected chi connectivity index (χ0v) is 15.5. The molecule has 0 spiro atoms. The first-order valence-electron chi connectivity index (χ1n) is 9.46. The maximum Gasteiger partial charge on any atom is 0.256 e. The number of nitrogens with one attached hydrogen (secondary N) is 2. The van der Waals surface area contributed by atoms with Gasteiger partial charge in [0.25, 0.3) is 5.91 Å². The maximum absolute atomic E-state index is 12.7. The highest BCUT2D eigenvalue weighted by molar-refractivity contribution is 6.36. The van der Waals surface area contributed by atoms with Crippen LogP contribution in [0.1, 0.15) is 35.7 Å². The van der Waals surface area contributed by atoms with Gasteiger partial charge in [0, 0.05) is 42.8 Å². The molecule has 0 atom stereocenters. The molecule has 2 aliphatic heterocycles. The van der Waals surface area contributed by atoms with E-state index >= 15 is 0 Å². The van der Waals surface area contributed by atoms with Gasteiger partial charge in [-0.15, -0.1) is 0 Å². The van der Waals surface area contributed by atoms with E-state index in [1.165, 1.54) is 5.56 Å². The molecular weight excluding hydrogens is 342 g/mol. The fourth-order valence-electron chi connectivity index (χ4n) is 3.84. The Morgan fingerprint density at radius 1 is 1.22 bits per heavy atom. The third-order valence-electron chi connectivity index (χ3n) is 5.24. The van der Waals surface area contributed by atoms with Crippen molar-refractivity contribution in [3.8, 4) is 0 Å². The number of hydrogen-bond donors (Lipinski definition) is 3. The van der Waals surface area contributed by atoms with E-state index in [4.69, 9.17) is 4.74 Å². The zero-order chi connectivity index (χ0) is 18.8. The number of aromatic amines is 1. The molecule has 2 aliphatic rings. The molecule has 0 aliphatic carbocycles. The molecule has 1 amide bonds. The van der Waals surface area contributed by atoms with Crippen molar-refractivity contribution in [1.29, 1.82) is 0 Å². The first-order chi connectivity index (χ1) is 13.2. The van der Waals surface area contributed by atoms with Crippen LogP contribution < -0.4 is 5.32 Å². The standard InChI is InChI=1S/C21H25N3O3/c1-2-16(19-10-15(11-22-19)12-24-5-7-27-8-6-24)20-17-9-14(13-25)3-4-18(17)23-21(20)26/h3-4,9-11,22,25H,2,5-8,12-13H2,1H3,(H,23,26). The first kappa shape index (κ1) is 18.0. The molecular formula is C21H25N3O3. The van der Waals surface area contributed by atoms with Crippen LogP contribution in [-0.2, 0) is 22.7 Å². The molecule has 1 fully saturated rings. The van der Waals surface area contributed by atoms with Crippen molar-refractivity contribution in [2.75, 3.05) is 31.6 Å². The number of benzene rings is 1. The number of fused-ring (bicyclic) bond motifs is 1. The van der Waals surface area contributed by atoms with Gasteiger partial charge < -0.3 is 20.1 Å². The highest BCUT2D eigenvalue weighted by Gasteiger charge is 2.28. The average molecular weight is 367 g/mol. The molecule has 1 aromatic carbocycles. The molecule has 1 aromatic heterocycles. The van der Waals surface area contributed by atoms with Gasteiger partial charge in [0.2, 0.25) is 0 Å². The van der Waals surface area contributed by atoms with E-state index < -0.39 is 0 Å². The summed E-state index contributed by atoms with van der Waals surface area (Å²) in [5.74, 6) is -0.0822. The largest absolute Gasteiger partial charge is 0.392 e. The van der Waals surface area contributed by atoms with E-state index in [0.29, 0.717) is 5.57 Å². The Morgan fingerprint density at radius 2 is 2.04 bits per heavy atom. The number of carbonyl (C=O) groups is 1. The Kier molecular flexibility index (Phi) is 5.11. The second kappa shape index (κ2) is 7.68. The van der Waals surface area contributed by atoms with E-state index in [1.54, 1.807) is 0 Å². The summed E-state index contributed by atoms with van der Waals surface area (Å²) in [7, 11) is 0. The van der Waals surface area contributed by atoms with Crippen LogP contribution in [0.15, 0.2) is 30.5 Å². The monoisotopic (exact) mass is 367 g/mol. The van der Waals surface area contributed by atoms with Crippen LogP contribution in [0.5, 0.6) is 0 Å². The van der Waals surface area contributed by atoms with E-state index in [0.717, 1.165) is 67.4 Å². The smallest absolute Gasteiger partial charge is 0.256 e. The molecule has 0 unspecified atom stereocenters. The van der Waals surface area contributed by atoms with Crippen LogP contribution in [0.3, 0.4) is 0 Å². The highest BCUT2D eigenvalue weighted by Crippen LogP contribution is 2.38. The fourth-order valence-corrected chi connectivity index (χ4v) is 3.84. The van der Waals surface area contributed by atoms with Crippen LogP contribution in [0.4, 0.5) is 5.69 Å². The van der Waals surface area contributed by atoms with Crippen LogP contribution in [0, 0.1) is 0 Å². The Bertz CT molecular complexity index is 879. The van der Waals surface area contributed by atoms with Crippen molar-refractivity contribution in [1.82, 2.24) is 9.88 Å². The van der Waals surface area contributed by atoms with Crippen LogP contribution in [0.25, 0.3) is 11.1 Å². The Morgan fingerprint density at radius 3 is 2.78 bits per heavy atom. The van der Waals surface area contributed by atoms with Crippen molar-refractivity contribution in [2.24, 2.45) is 0 Å². The number of morpholine rings is 1. The molecule has 142 valence electrons. The van der Waals surface area contributed by atoms with Gasteiger partial charge in [-0.3, -0.25) is 9.69 Å². The lowest BCUT2D eigenvalue weighted by atomic mass is 9.95. The highest BCUT2D eigenvalue weighted by atomic mass is 16.5. The number of H-pyrrole nitrogens is 1. The van der Waals surface area contributed by atoms with E-state index in [1.807, 2.05) is 24.4 Å². The minimum absolute atomic E-state index is 0.0393. The van der Waals surface area contributed by atoms with Gasteiger partial charge >= 0.3 is 0 Å². The molecule has 0 radical (unpaired) electrons. The molecule has 6 nitrogen and oxygen atoms in total. The second-order valence-electron chi connectivity index (χ2n) is 7.01. The zero-order valence-electron chi connectivity index (χ0n) is 15.5. The summed E-state index contributed by atoms with van der Waals surface area (Å²) in [6, 6.07) is 7.73. The SMILES string of the molecule is CCC(=C1C(=O)Nc2ccc(CO)cc21)c1cc(CN2CCOCC2)c[nH]1. The molecule has 3 N–H and O–H groups in total. The summed E-state index contributed by atoms with van der Waals surface area (Å²) in [4.78, 5) is 18.4. The molecule has 1 saturated heterocycles. The number of aliphatic hydroxyl groups is 1. The van der Waals surface area contributed by atoms with Crippen molar-refractivity contribution >= 4 is 22.7 Å². The van der Waals surface area contributed by atoms with Crippen molar-refractivity contribution in [3.63, 3.8) is 0 Å². The number of amides is 1. The summed E-state index contributed by atoms with van der Waals surface area (Å²) >= 11 is 0. The molecule has 27 heavy (non-hydrogen) atoms. The van der Waals surface area contributed by atoms with E-state index in [-0.39, 0.29) is 12.5 Å². The molecule has 6 heteroatoms. The van der Waals surface area contributed by atoms with Crippen molar-refractivity contribution in [3.05, 3.63) is 52.8 Å². The Balaban J connectivity index is 1.67. The second-order valence-corrected chi connectivity index (χ2v) is 7.01. The maximum atomic E-state index is 12.7. The van der Waals surface area contributed by atoms with E-state index in [9.17, 15) is 9.90 Å². The lowest BCUT2D eigenvalue weighted by Gasteiger charge is -2.26. The fraction of sp³-hybridized carbons (Fsp3) is 0.381. The number of ether oxygens (including phenoxy) is 1. The minimum atomic E-state index is -0.0822. The van der Waals surface area contributed by atoms with Gasteiger partial charge in [0.15, 0.2) is 0 Å². The minimum Gasteiger partial charge on any atom is -0.392 e. The molecule has 3 heterocycles. The number of aliphatic hydroxyl groups excluding tert-OH is 1. The van der Waals surface area contributed by atoms with Gasteiger partial charge in [0.05, 0.1) is 25.4 Å². The van der Waals surface area contributed by atoms with Gasteiger partial charge in [-0.2, -0.15) is 0 Å². The number of rotatable bonds is 5. The third-order valence-corrected chi connectivity index (χ3v) is 5.24. The van der Waals surface area contributed by atoms with Crippen LogP contribution in [-0.4, -0.2) is 47.2 Å². The number of aromatic nitrogens is 1. The number of allylic oxidation sites excluding steroid dienone is 1. The number of hydrogen-bond acceptors (Lipinski definition) is 4. The van der Waals surface area contributed by atoms with Gasteiger partial charge in [-0.05, 0) is 41.3 Å². The van der Waals surface area contributed by atoms with Crippen LogP contribution >= 0.6 is 0 Å². The molecule has 0 bridgehead atoms. The topological polar surface area (TPSA) is 77.6 Å².